The van der Waals surface area contributed by atoms with Crippen molar-refractivity contribution >= 4 is 23.4 Å². The summed E-state index contributed by atoms with van der Waals surface area (Å²) in [4.78, 5) is 42.9. The fourth-order valence-corrected chi connectivity index (χ4v) is 3.25. The molecule has 1 unspecified atom stereocenters. The number of rotatable bonds is 5. The van der Waals surface area contributed by atoms with Gasteiger partial charge in [-0.05, 0) is 31.2 Å². The molecular formula is C20H18N4O3. The van der Waals surface area contributed by atoms with Crippen LogP contribution in [0.15, 0.2) is 54.9 Å². The van der Waals surface area contributed by atoms with Gasteiger partial charge in [-0.25, -0.2) is 4.98 Å². The van der Waals surface area contributed by atoms with Gasteiger partial charge in [-0.3, -0.25) is 19.3 Å². The number of carbonyl (C=O) groups excluding carboxylic acids is 3. The molecule has 4 rings (SSSR count). The molecule has 1 aliphatic rings. The second-order valence-corrected chi connectivity index (χ2v) is 6.44. The third kappa shape index (κ3) is 2.97. The van der Waals surface area contributed by atoms with Gasteiger partial charge in [-0.1, -0.05) is 18.2 Å². The maximum Gasteiger partial charge on any atom is 0.262 e. The number of hydrogen-bond donors (Lipinski definition) is 1. The number of imide groups is 1. The zero-order chi connectivity index (χ0) is 19.0. The zero-order valence-corrected chi connectivity index (χ0v) is 14.8. The summed E-state index contributed by atoms with van der Waals surface area (Å²) in [6, 6.07) is 11.5. The summed E-state index contributed by atoms with van der Waals surface area (Å²) in [6.45, 7) is 1.93. The molecule has 0 saturated heterocycles. The summed E-state index contributed by atoms with van der Waals surface area (Å²) in [7, 11) is 0. The smallest absolute Gasteiger partial charge is 0.262 e. The average Bonchev–Trinajstić information content (AvgIpc) is 3.20. The molecule has 0 aliphatic carbocycles. The first-order valence-electron chi connectivity index (χ1n) is 8.73. The van der Waals surface area contributed by atoms with E-state index in [1.807, 2.05) is 35.0 Å². The van der Waals surface area contributed by atoms with Crippen LogP contribution < -0.4 is 5.32 Å². The van der Waals surface area contributed by atoms with E-state index in [9.17, 15) is 14.4 Å². The van der Waals surface area contributed by atoms with Gasteiger partial charge in [0.1, 0.15) is 11.7 Å². The van der Waals surface area contributed by atoms with E-state index in [1.54, 1.807) is 31.2 Å². The third-order valence-corrected chi connectivity index (χ3v) is 4.69. The van der Waals surface area contributed by atoms with Crippen LogP contribution in [0.4, 0.5) is 0 Å². The fraction of sp³-hybridized carbons (Fsp3) is 0.200. The van der Waals surface area contributed by atoms with Crippen LogP contribution in [0.25, 0.3) is 5.65 Å². The molecule has 1 atom stereocenters. The van der Waals surface area contributed by atoms with E-state index in [0.717, 1.165) is 16.2 Å². The van der Waals surface area contributed by atoms with Crippen LogP contribution >= 0.6 is 0 Å². The maximum atomic E-state index is 12.5. The monoisotopic (exact) mass is 362 g/mol. The predicted octanol–water partition coefficient (Wildman–Crippen LogP) is 1.68. The number of imidazole rings is 1. The summed E-state index contributed by atoms with van der Waals surface area (Å²) in [5.41, 5.74) is 2.38. The maximum absolute atomic E-state index is 12.5. The molecule has 7 nitrogen and oxygen atoms in total. The van der Waals surface area contributed by atoms with Crippen LogP contribution in [0.1, 0.15) is 33.3 Å². The molecule has 3 aromatic rings. The van der Waals surface area contributed by atoms with Gasteiger partial charge in [0.15, 0.2) is 0 Å². The summed E-state index contributed by atoms with van der Waals surface area (Å²) in [5, 5.41) is 2.79. The largest absolute Gasteiger partial charge is 0.354 e. The van der Waals surface area contributed by atoms with E-state index in [4.69, 9.17) is 0 Å². The molecule has 0 fully saturated rings. The van der Waals surface area contributed by atoms with Crippen molar-refractivity contribution in [3.63, 3.8) is 0 Å². The summed E-state index contributed by atoms with van der Waals surface area (Å²) in [6.07, 6.45) is 4.38. The van der Waals surface area contributed by atoms with Gasteiger partial charge in [0.05, 0.1) is 16.8 Å². The molecule has 3 amide bonds. The molecule has 1 aromatic carbocycles. The lowest BCUT2D eigenvalue weighted by molar-refractivity contribution is -0.124. The van der Waals surface area contributed by atoms with Gasteiger partial charge in [0.2, 0.25) is 5.91 Å². The van der Waals surface area contributed by atoms with Crippen LogP contribution in [-0.2, 0) is 11.2 Å². The number of nitrogens with zero attached hydrogens (tertiary/aromatic N) is 3. The fourth-order valence-electron chi connectivity index (χ4n) is 3.25. The van der Waals surface area contributed by atoms with Crippen LogP contribution in [0.5, 0.6) is 0 Å². The van der Waals surface area contributed by atoms with E-state index in [-0.39, 0.29) is 5.91 Å². The average molecular weight is 362 g/mol. The van der Waals surface area contributed by atoms with Gasteiger partial charge in [0.25, 0.3) is 11.8 Å². The minimum absolute atomic E-state index is 0.340. The highest BCUT2D eigenvalue weighted by Crippen LogP contribution is 2.24. The first-order valence-corrected chi connectivity index (χ1v) is 8.73. The molecule has 136 valence electrons. The second kappa shape index (κ2) is 6.68. The SMILES string of the molecule is CC(C(=O)NCCc1cn2ccccc2n1)N1C(=O)c2ccccc2C1=O. The molecule has 3 heterocycles. The summed E-state index contributed by atoms with van der Waals surface area (Å²) < 4.78 is 1.92. The topological polar surface area (TPSA) is 83.8 Å². The van der Waals surface area contributed by atoms with E-state index in [2.05, 4.69) is 10.3 Å². The molecule has 0 saturated carbocycles. The Hall–Kier alpha value is -3.48. The lowest BCUT2D eigenvalue weighted by atomic mass is 10.1. The predicted molar refractivity (Wildman–Crippen MR) is 98.3 cm³/mol. The zero-order valence-electron chi connectivity index (χ0n) is 14.8. The minimum Gasteiger partial charge on any atom is -0.354 e. The van der Waals surface area contributed by atoms with Crippen molar-refractivity contribution in [1.29, 1.82) is 0 Å². The molecule has 27 heavy (non-hydrogen) atoms. The van der Waals surface area contributed by atoms with Crippen molar-refractivity contribution < 1.29 is 14.4 Å². The van der Waals surface area contributed by atoms with Crippen molar-refractivity contribution in [2.24, 2.45) is 0 Å². The second-order valence-electron chi connectivity index (χ2n) is 6.44. The number of pyridine rings is 1. The van der Waals surface area contributed by atoms with Crippen LogP contribution in [0.3, 0.4) is 0 Å². The molecule has 0 bridgehead atoms. The van der Waals surface area contributed by atoms with E-state index < -0.39 is 17.9 Å². The molecule has 0 spiro atoms. The summed E-state index contributed by atoms with van der Waals surface area (Å²) >= 11 is 0. The molecule has 0 radical (unpaired) electrons. The Morgan fingerprint density at radius 3 is 2.41 bits per heavy atom. The number of carbonyl (C=O) groups is 3. The number of nitrogens with one attached hydrogen (secondary N) is 1. The Balaban J connectivity index is 1.38. The normalized spacial score (nSPS) is 14.5. The standard InChI is InChI=1S/C20H18N4O3/c1-13(24-19(26)15-6-2-3-7-16(15)20(24)27)18(25)21-10-9-14-12-23-11-5-4-8-17(23)22-14/h2-8,11-13H,9-10H2,1H3,(H,21,25). The first kappa shape index (κ1) is 17.0. The first-order chi connectivity index (χ1) is 13.1. The molecule has 1 N–H and O–H groups in total. The molecule has 7 heteroatoms. The van der Waals surface area contributed by atoms with Gasteiger partial charge >= 0.3 is 0 Å². The number of benzene rings is 1. The molecule has 2 aromatic heterocycles. The van der Waals surface area contributed by atoms with Crippen molar-refractivity contribution in [3.8, 4) is 0 Å². The molecular weight excluding hydrogens is 344 g/mol. The number of aromatic nitrogens is 2. The van der Waals surface area contributed by atoms with Gasteiger partial charge < -0.3 is 9.72 Å². The van der Waals surface area contributed by atoms with Gasteiger partial charge in [-0.15, -0.1) is 0 Å². The van der Waals surface area contributed by atoms with Crippen LogP contribution in [0.2, 0.25) is 0 Å². The molecule has 1 aliphatic heterocycles. The Kier molecular flexibility index (Phi) is 4.19. The lowest BCUT2D eigenvalue weighted by Gasteiger charge is -2.21. The lowest BCUT2D eigenvalue weighted by Crippen LogP contribution is -2.48. The Bertz CT molecular complexity index is 988. The van der Waals surface area contributed by atoms with Gasteiger partial charge in [-0.2, -0.15) is 0 Å². The Morgan fingerprint density at radius 1 is 1.07 bits per heavy atom. The third-order valence-electron chi connectivity index (χ3n) is 4.69. The van der Waals surface area contributed by atoms with E-state index >= 15 is 0 Å². The quantitative estimate of drug-likeness (QED) is 0.700. The highest BCUT2D eigenvalue weighted by Gasteiger charge is 2.40. The summed E-state index contributed by atoms with van der Waals surface area (Å²) in [5.74, 6) is -1.23. The van der Waals surface area contributed by atoms with Crippen molar-refractivity contribution in [2.45, 2.75) is 19.4 Å². The number of amides is 3. The number of hydrogen-bond acceptors (Lipinski definition) is 4. The number of fused-ring (bicyclic) bond motifs is 2. The van der Waals surface area contributed by atoms with Gasteiger partial charge in [0, 0.05) is 25.4 Å². The highest BCUT2D eigenvalue weighted by molar-refractivity contribution is 6.22. The Morgan fingerprint density at radius 2 is 1.74 bits per heavy atom. The van der Waals surface area contributed by atoms with Crippen LogP contribution in [-0.4, -0.2) is 44.6 Å². The minimum atomic E-state index is -0.876. The van der Waals surface area contributed by atoms with Crippen molar-refractivity contribution in [1.82, 2.24) is 19.6 Å². The van der Waals surface area contributed by atoms with Crippen molar-refractivity contribution in [2.75, 3.05) is 6.54 Å². The van der Waals surface area contributed by atoms with E-state index in [1.165, 1.54) is 0 Å². The van der Waals surface area contributed by atoms with Crippen molar-refractivity contribution in [3.05, 3.63) is 71.7 Å². The highest BCUT2D eigenvalue weighted by atomic mass is 16.2. The van der Waals surface area contributed by atoms with E-state index in [0.29, 0.717) is 24.1 Å². The van der Waals surface area contributed by atoms with Crippen LogP contribution in [0, 0.1) is 0 Å². The Labute approximate surface area is 155 Å².